The molecule has 0 fully saturated rings. The maximum Gasteiger partial charge on any atom is 0.338 e. The molecule has 0 bridgehead atoms. The van der Waals surface area contributed by atoms with Gasteiger partial charge in [-0.15, -0.1) is 0 Å². The fourth-order valence-electron chi connectivity index (χ4n) is 2.34. The maximum absolute atomic E-state index is 12.2. The zero-order valence-corrected chi connectivity index (χ0v) is 15.4. The van der Waals surface area contributed by atoms with Gasteiger partial charge in [-0.05, 0) is 43.3 Å². The minimum Gasteiger partial charge on any atom is -0.454 e. The van der Waals surface area contributed by atoms with Gasteiger partial charge in [-0.3, -0.25) is 4.79 Å². The number of carbonyl (C=O) groups excluding carboxylic acids is 2. The number of ether oxygens (including phenoxy) is 3. The van der Waals surface area contributed by atoms with Crippen molar-refractivity contribution in [2.75, 3.05) is 18.4 Å². The molecule has 1 amide bonds. The van der Waals surface area contributed by atoms with E-state index in [4.69, 9.17) is 14.2 Å². The molecule has 0 spiro atoms. The van der Waals surface area contributed by atoms with Crippen LogP contribution in [0.25, 0.3) is 0 Å². The molecule has 1 aliphatic heterocycles. The number of nitrogens with one attached hydrogen (secondary N) is 1. The second-order valence-corrected chi connectivity index (χ2v) is 7.92. The van der Waals surface area contributed by atoms with Crippen molar-refractivity contribution in [1.82, 2.24) is 0 Å². The van der Waals surface area contributed by atoms with Crippen LogP contribution in [0, 0.1) is 0 Å². The molecule has 2 aromatic rings. The van der Waals surface area contributed by atoms with Gasteiger partial charge in [0.05, 0.1) is 10.5 Å². The molecule has 0 radical (unpaired) electrons. The van der Waals surface area contributed by atoms with Gasteiger partial charge in [-0.25, -0.2) is 13.2 Å². The average molecular weight is 391 g/mol. The molecule has 8 nitrogen and oxygen atoms in total. The number of sulfone groups is 1. The largest absolute Gasteiger partial charge is 0.454 e. The quantitative estimate of drug-likeness (QED) is 0.777. The first-order valence-electron chi connectivity index (χ1n) is 7.95. The molecule has 0 saturated heterocycles. The van der Waals surface area contributed by atoms with Crippen LogP contribution >= 0.6 is 0 Å². The summed E-state index contributed by atoms with van der Waals surface area (Å²) in [6, 6.07) is 10.2. The van der Waals surface area contributed by atoms with E-state index in [-0.39, 0.29) is 17.3 Å². The Morgan fingerprint density at radius 3 is 2.41 bits per heavy atom. The highest BCUT2D eigenvalue weighted by Crippen LogP contribution is 2.34. The van der Waals surface area contributed by atoms with Crippen LogP contribution in [-0.4, -0.2) is 39.4 Å². The van der Waals surface area contributed by atoms with Crippen LogP contribution in [0.4, 0.5) is 5.69 Å². The standard InChI is InChI=1S/C18H17NO7S/c1-11(17(20)19-13-5-8-15-16(9-13)25-10-24-15)26-18(21)12-3-6-14(7-4-12)27(2,22)23/h3-9,11H,10H2,1-2H3,(H,19,20)/t11-/m0/s1. The lowest BCUT2D eigenvalue weighted by molar-refractivity contribution is -0.123. The molecule has 27 heavy (non-hydrogen) atoms. The number of amides is 1. The van der Waals surface area contributed by atoms with Crippen LogP contribution in [-0.2, 0) is 19.4 Å². The number of hydrogen-bond acceptors (Lipinski definition) is 7. The molecule has 1 heterocycles. The fourth-order valence-corrected chi connectivity index (χ4v) is 2.97. The first kappa shape index (κ1) is 18.7. The number of carbonyl (C=O) groups is 2. The summed E-state index contributed by atoms with van der Waals surface area (Å²) >= 11 is 0. The Labute approximate surface area is 156 Å². The lowest BCUT2D eigenvalue weighted by Crippen LogP contribution is -2.30. The molecule has 0 aromatic heterocycles. The normalized spacial score (nSPS) is 13.7. The Kier molecular flexibility index (Phi) is 5.04. The van der Waals surface area contributed by atoms with Crippen molar-refractivity contribution >= 4 is 27.4 Å². The summed E-state index contributed by atoms with van der Waals surface area (Å²) in [7, 11) is -3.36. The number of esters is 1. The average Bonchev–Trinajstić information content (AvgIpc) is 3.08. The topological polar surface area (TPSA) is 108 Å². The Balaban J connectivity index is 1.61. The second kappa shape index (κ2) is 7.28. The van der Waals surface area contributed by atoms with Gasteiger partial charge < -0.3 is 19.5 Å². The van der Waals surface area contributed by atoms with Gasteiger partial charge >= 0.3 is 5.97 Å². The molecule has 0 saturated carbocycles. The van der Waals surface area contributed by atoms with Crippen LogP contribution < -0.4 is 14.8 Å². The number of hydrogen-bond donors (Lipinski definition) is 1. The van der Waals surface area contributed by atoms with Crippen molar-refractivity contribution in [3.05, 3.63) is 48.0 Å². The Bertz CT molecular complexity index is 983. The van der Waals surface area contributed by atoms with Crippen molar-refractivity contribution in [1.29, 1.82) is 0 Å². The number of benzene rings is 2. The van der Waals surface area contributed by atoms with Crippen LogP contribution in [0.2, 0.25) is 0 Å². The van der Waals surface area contributed by atoms with Crippen LogP contribution in [0.1, 0.15) is 17.3 Å². The predicted molar refractivity (Wildman–Crippen MR) is 95.6 cm³/mol. The molecule has 1 aliphatic rings. The lowest BCUT2D eigenvalue weighted by Gasteiger charge is -2.14. The molecular formula is C18H17NO7S. The number of anilines is 1. The first-order chi connectivity index (χ1) is 12.7. The molecule has 0 aliphatic carbocycles. The molecule has 0 unspecified atom stereocenters. The van der Waals surface area contributed by atoms with Gasteiger partial charge in [0.15, 0.2) is 27.4 Å². The molecule has 1 atom stereocenters. The van der Waals surface area contributed by atoms with Crippen molar-refractivity contribution in [2.24, 2.45) is 0 Å². The summed E-state index contributed by atoms with van der Waals surface area (Å²) in [6.45, 7) is 1.56. The van der Waals surface area contributed by atoms with E-state index in [2.05, 4.69) is 5.32 Å². The summed E-state index contributed by atoms with van der Waals surface area (Å²) in [5, 5.41) is 2.63. The summed E-state index contributed by atoms with van der Waals surface area (Å²) in [4.78, 5) is 24.5. The zero-order chi connectivity index (χ0) is 19.6. The van der Waals surface area contributed by atoms with Gasteiger partial charge in [0.1, 0.15) is 0 Å². The van der Waals surface area contributed by atoms with Crippen molar-refractivity contribution < 1.29 is 32.2 Å². The van der Waals surface area contributed by atoms with E-state index >= 15 is 0 Å². The highest BCUT2D eigenvalue weighted by molar-refractivity contribution is 7.90. The minimum absolute atomic E-state index is 0.0904. The molecule has 3 rings (SSSR count). The number of fused-ring (bicyclic) bond motifs is 1. The zero-order valence-electron chi connectivity index (χ0n) is 14.6. The summed E-state index contributed by atoms with van der Waals surface area (Å²) in [5.74, 6) is -0.146. The van der Waals surface area contributed by atoms with Gasteiger partial charge in [0.25, 0.3) is 5.91 Å². The van der Waals surface area contributed by atoms with Gasteiger partial charge in [0.2, 0.25) is 6.79 Å². The van der Waals surface area contributed by atoms with Crippen molar-refractivity contribution in [3.8, 4) is 11.5 Å². The summed E-state index contributed by atoms with van der Waals surface area (Å²) < 4.78 is 38.4. The third-order valence-electron chi connectivity index (χ3n) is 3.81. The Morgan fingerprint density at radius 2 is 1.74 bits per heavy atom. The van der Waals surface area contributed by atoms with Crippen LogP contribution in [0.3, 0.4) is 0 Å². The summed E-state index contributed by atoms with van der Waals surface area (Å²) in [5.41, 5.74) is 0.620. The third-order valence-corrected chi connectivity index (χ3v) is 4.94. The third kappa shape index (κ3) is 4.37. The SMILES string of the molecule is C[C@H](OC(=O)c1ccc(S(C)(=O)=O)cc1)C(=O)Nc1ccc2c(c1)OCO2. The van der Waals surface area contributed by atoms with Crippen LogP contribution in [0.5, 0.6) is 11.5 Å². The minimum atomic E-state index is -3.36. The lowest BCUT2D eigenvalue weighted by atomic mass is 10.2. The molecule has 2 aromatic carbocycles. The van der Waals surface area contributed by atoms with E-state index in [0.717, 1.165) is 6.26 Å². The van der Waals surface area contributed by atoms with E-state index in [1.165, 1.54) is 31.2 Å². The molecule has 1 N–H and O–H groups in total. The highest BCUT2D eigenvalue weighted by atomic mass is 32.2. The van der Waals surface area contributed by atoms with E-state index in [0.29, 0.717) is 17.2 Å². The van der Waals surface area contributed by atoms with E-state index < -0.39 is 27.8 Å². The smallest absolute Gasteiger partial charge is 0.338 e. The maximum atomic E-state index is 12.2. The predicted octanol–water partition coefficient (Wildman–Crippen LogP) is 2.00. The monoisotopic (exact) mass is 391 g/mol. The Hall–Kier alpha value is -3.07. The highest BCUT2D eigenvalue weighted by Gasteiger charge is 2.21. The van der Waals surface area contributed by atoms with Crippen molar-refractivity contribution in [3.63, 3.8) is 0 Å². The van der Waals surface area contributed by atoms with Crippen LogP contribution in [0.15, 0.2) is 47.4 Å². The molecule has 142 valence electrons. The fraction of sp³-hybridized carbons (Fsp3) is 0.222. The summed E-state index contributed by atoms with van der Waals surface area (Å²) in [6.07, 6.45) is 0.0144. The first-order valence-corrected chi connectivity index (χ1v) is 9.85. The van der Waals surface area contributed by atoms with Gasteiger partial charge in [0, 0.05) is 18.0 Å². The van der Waals surface area contributed by atoms with Gasteiger partial charge in [-0.2, -0.15) is 0 Å². The molecular weight excluding hydrogens is 374 g/mol. The van der Waals surface area contributed by atoms with E-state index in [9.17, 15) is 18.0 Å². The van der Waals surface area contributed by atoms with Gasteiger partial charge in [-0.1, -0.05) is 0 Å². The Morgan fingerprint density at radius 1 is 1.07 bits per heavy atom. The van der Waals surface area contributed by atoms with Crippen molar-refractivity contribution in [2.45, 2.75) is 17.9 Å². The second-order valence-electron chi connectivity index (χ2n) is 5.90. The number of rotatable bonds is 5. The van der Waals surface area contributed by atoms with E-state index in [1.54, 1.807) is 18.2 Å². The molecule has 9 heteroatoms. The van der Waals surface area contributed by atoms with E-state index in [1.807, 2.05) is 0 Å².